The van der Waals surface area contributed by atoms with Crippen LogP contribution in [0.2, 0.25) is 0 Å². The van der Waals surface area contributed by atoms with Crippen molar-refractivity contribution in [3.8, 4) is 22.2 Å². The first kappa shape index (κ1) is 15.8. The van der Waals surface area contributed by atoms with Crippen LogP contribution in [0.3, 0.4) is 0 Å². The van der Waals surface area contributed by atoms with Crippen LogP contribution in [0, 0.1) is 0 Å². The van der Waals surface area contributed by atoms with Gasteiger partial charge >= 0.3 is 0 Å². The molecule has 0 bridgehead atoms. The van der Waals surface area contributed by atoms with Crippen LogP contribution in [0.5, 0.6) is 5.75 Å². The molecule has 126 valence electrons. The summed E-state index contributed by atoms with van der Waals surface area (Å²) in [6.07, 6.45) is 0. The number of methoxy groups -OCH3 is 1. The average Bonchev–Trinajstić information content (AvgIpc) is 3.40. The lowest BCUT2D eigenvalue weighted by molar-refractivity contribution is 0.414. The highest BCUT2D eigenvalue weighted by Gasteiger charge is 2.13. The number of aromatic nitrogens is 6. The molecule has 0 radical (unpaired) electrons. The molecule has 0 aliphatic heterocycles. The molecule has 0 aliphatic rings. The fraction of sp³-hybridized carbons (Fsp3) is 0.133. The van der Waals surface area contributed by atoms with Gasteiger partial charge in [0.25, 0.3) is 5.89 Å². The minimum Gasteiger partial charge on any atom is -0.497 e. The van der Waals surface area contributed by atoms with Crippen molar-refractivity contribution in [2.75, 3.05) is 7.11 Å². The molecule has 0 spiro atoms. The van der Waals surface area contributed by atoms with Gasteiger partial charge in [0.1, 0.15) is 5.75 Å². The van der Waals surface area contributed by atoms with Crippen molar-refractivity contribution in [3.05, 3.63) is 47.6 Å². The van der Waals surface area contributed by atoms with E-state index in [2.05, 4.69) is 25.7 Å². The molecule has 0 fully saturated rings. The van der Waals surface area contributed by atoms with Crippen molar-refractivity contribution in [3.63, 3.8) is 0 Å². The van der Waals surface area contributed by atoms with E-state index in [0.29, 0.717) is 22.6 Å². The van der Waals surface area contributed by atoms with Gasteiger partial charge in [0.2, 0.25) is 5.16 Å². The van der Waals surface area contributed by atoms with Crippen LogP contribution in [0.15, 0.2) is 51.5 Å². The van der Waals surface area contributed by atoms with Crippen LogP contribution in [0.4, 0.5) is 0 Å². The molecule has 0 atom stereocenters. The van der Waals surface area contributed by atoms with Gasteiger partial charge in [-0.15, -0.1) is 16.4 Å². The molecule has 10 heteroatoms. The smallest absolute Gasteiger partial charge is 0.268 e. The van der Waals surface area contributed by atoms with Gasteiger partial charge in [0.15, 0.2) is 5.82 Å². The Balaban J connectivity index is 1.48. The number of hydrogen-bond donors (Lipinski definition) is 0. The summed E-state index contributed by atoms with van der Waals surface area (Å²) in [6.45, 7) is 0. The molecule has 0 aliphatic carbocycles. The molecule has 0 N–H and O–H groups in total. The lowest BCUT2D eigenvalue weighted by atomic mass is 10.3. The SMILES string of the molecule is COc1ccc(-n2nnnc2SCc2noc(-c3cccs3)n2)cc1. The zero-order chi connectivity index (χ0) is 17.1. The normalized spacial score (nSPS) is 10.9. The minimum atomic E-state index is 0.505. The molecule has 3 heterocycles. The molecule has 25 heavy (non-hydrogen) atoms. The summed E-state index contributed by atoms with van der Waals surface area (Å²) in [5, 5.41) is 18.5. The zero-order valence-electron chi connectivity index (χ0n) is 13.1. The number of thiophene rings is 1. The van der Waals surface area contributed by atoms with E-state index < -0.39 is 0 Å². The van der Waals surface area contributed by atoms with E-state index >= 15 is 0 Å². The molecule has 0 unspecified atom stereocenters. The number of benzene rings is 1. The third-order valence-electron chi connectivity index (χ3n) is 3.29. The van der Waals surface area contributed by atoms with Crippen LogP contribution in [0.25, 0.3) is 16.5 Å². The molecule has 3 aromatic heterocycles. The lowest BCUT2D eigenvalue weighted by Crippen LogP contribution is -1.99. The van der Waals surface area contributed by atoms with Gasteiger partial charge in [0.05, 0.1) is 23.4 Å². The molecule has 4 aromatic rings. The average molecular weight is 372 g/mol. The first-order valence-electron chi connectivity index (χ1n) is 7.25. The Kier molecular flexibility index (Phi) is 4.44. The second-order valence-corrected chi connectivity index (χ2v) is 6.74. The van der Waals surface area contributed by atoms with Gasteiger partial charge < -0.3 is 9.26 Å². The van der Waals surface area contributed by atoms with Crippen molar-refractivity contribution in [1.82, 2.24) is 30.3 Å². The summed E-state index contributed by atoms with van der Waals surface area (Å²) in [4.78, 5) is 5.35. The minimum absolute atomic E-state index is 0.505. The Bertz CT molecular complexity index is 949. The number of hydrogen-bond acceptors (Lipinski definition) is 9. The highest BCUT2D eigenvalue weighted by molar-refractivity contribution is 7.98. The van der Waals surface area contributed by atoms with E-state index in [9.17, 15) is 0 Å². The number of ether oxygens (including phenoxy) is 1. The third kappa shape index (κ3) is 3.39. The van der Waals surface area contributed by atoms with Crippen LogP contribution in [0.1, 0.15) is 5.82 Å². The number of thioether (sulfide) groups is 1. The Morgan fingerprint density at radius 3 is 2.88 bits per heavy atom. The van der Waals surface area contributed by atoms with Crippen molar-refractivity contribution in [2.45, 2.75) is 10.9 Å². The van der Waals surface area contributed by atoms with Gasteiger partial charge in [-0.3, -0.25) is 0 Å². The number of rotatable bonds is 6. The highest BCUT2D eigenvalue weighted by Crippen LogP contribution is 2.26. The van der Waals surface area contributed by atoms with Gasteiger partial charge in [0, 0.05) is 0 Å². The Labute approximate surface area is 150 Å². The predicted octanol–water partition coefficient (Wildman–Crippen LogP) is 3.07. The standard InChI is InChI=1S/C15H12N6O2S2/c1-22-11-6-4-10(5-7-11)21-15(17-19-20-21)25-9-13-16-14(23-18-13)12-3-2-8-24-12/h2-8H,9H2,1H3. The van der Waals surface area contributed by atoms with Gasteiger partial charge in [-0.05, 0) is 46.1 Å². The van der Waals surface area contributed by atoms with Crippen LogP contribution in [-0.2, 0) is 5.75 Å². The first-order chi connectivity index (χ1) is 12.3. The molecule has 4 rings (SSSR count). The highest BCUT2D eigenvalue weighted by atomic mass is 32.2. The molecule has 1 aromatic carbocycles. The molecule has 0 saturated carbocycles. The zero-order valence-corrected chi connectivity index (χ0v) is 14.7. The predicted molar refractivity (Wildman–Crippen MR) is 92.9 cm³/mol. The van der Waals surface area contributed by atoms with Gasteiger partial charge in [-0.2, -0.15) is 9.67 Å². The maximum atomic E-state index is 5.28. The van der Waals surface area contributed by atoms with E-state index in [0.717, 1.165) is 16.3 Å². The van der Waals surface area contributed by atoms with E-state index in [1.165, 1.54) is 11.8 Å². The Hall–Kier alpha value is -2.72. The van der Waals surface area contributed by atoms with Crippen molar-refractivity contribution in [2.24, 2.45) is 0 Å². The van der Waals surface area contributed by atoms with Crippen molar-refractivity contribution in [1.29, 1.82) is 0 Å². The topological polar surface area (TPSA) is 91.8 Å². The molecule has 8 nitrogen and oxygen atoms in total. The summed E-state index contributed by atoms with van der Waals surface area (Å²) >= 11 is 2.99. The van der Waals surface area contributed by atoms with E-state index in [-0.39, 0.29) is 0 Å². The number of tetrazole rings is 1. The summed E-state index contributed by atoms with van der Waals surface area (Å²) in [6, 6.07) is 11.4. The van der Waals surface area contributed by atoms with Crippen LogP contribution in [-0.4, -0.2) is 37.5 Å². The maximum Gasteiger partial charge on any atom is 0.268 e. The summed E-state index contributed by atoms with van der Waals surface area (Å²) < 4.78 is 12.1. The third-order valence-corrected chi connectivity index (χ3v) is 5.06. The van der Waals surface area contributed by atoms with E-state index in [4.69, 9.17) is 9.26 Å². The Morgan fingerprint density at radius 2 is 2.12 bits per heavy atom. The fourth-order valence-corrected chi connectivity index (χ4v) is 3.47. The Morgan fingerprint density at radius 1 is 1.24 bits per heavy atom. The van der Waals surface area contributed by atoms with Crippen LogP contribution < -0.4 is 4.74 Å². The van der Waals surface area contributed by atoms with Gasteiger partial charge in [-0.25, -0.2) is 0 Å². The molecule has 0 saturated heterocycles. The molecular formula is C15H12N6O2S2. The second-order valence-electron chi connectivity index (χ2n) is 4.85. The maximum absolute atomic E-state index is 5.28. The van der Waals surface area contributed by atoms with Crippen LogP contribution >= 0.6 is 23.1 Å². The number of nitrogens with zero attached hydrogens (tertiary/aromatic N) is 6. The second kappa shape index (κ2) is 7.03. The first-order valence-corrected chi connectivity index (χ1v) is 9.12. The largest absolute Gasteiger partial charge is 0.497 e. The summed E-state index contributed by atoms with van der Waals surface area (Å²) in [7, 11) is 1.63. The molecule has 0 amide bonds. The summed E-state index contributed by atoms with van der Waals surface area (Å²) in [5.74, 6) is 2.41. The van der Waals surface area contributed by atoms with Crippen molar-refractivity contribution >= 4 is 23.1 Å². The lowest BCUT2D eigenvalue weighted by Gasteiger charge is -2.04. The monoisotopic (exact) mass is 372 g/mol. The van der Waals surface area contributed by atoms with Crippen molar-refractivity contribution < 1.29 is 9.26 Å². The summed E-state index contributed by atoms with van der Waals surface area (Å²) in [5.41, 5.74) is 0.848. The van der Waals surface area contributed by atoms with Gasteiger partial charge in [-0.1, -0.05) is 23.0 Å². The van der Waals surface area contributed by atoms with E-state index in [1.54, 1.807) is 23.1 Å². The molecular weight excluding hydrogens is 360 g/mol. The quantitative estimate of drug-likeness (QED) is 0.477. The fourth-order valence-electron chi connectivity index (χ4n) is 2.10. The van der Waals surface area contributed by atoms with E-state index in [1.807, 2.05) is 41.8 Å².